The van der Waals surface area contributed by atoms with Crippen LogP contribution < -0.4 is 5.32 Å². The van der Waals surface area contributed by atoms with Crippen molar-refractivity contribution in [1.29, 1.82) is 0 Å². The lowest BCUT2D eigenvalue weighted by molar-refractivity contribution is -0.137. The number of benzene rings is 1. The Bertz CT molecular complexity index is 735. The zero-order valence-electron chi connectivity index (χ0n) is 13.2. The normalized spacial score (nSPS) is 17.4. The van der Waals surface area contributed by atoms with Gasteiger partial charge in [0.05, 0.1) is 17.7 Å². The molecule has 0 saturated heterocycles. The minimum Gasteiger partial charge on any atom is -0.351 e. The minimum absolute atomic E-state index is 0.0213. The molecule has 0 fully saturated rings. The van der Waals surface area contributed by atoms with Gasteiger partial charge in [-0.05, 0) is 31.0 Å². The number of imidazole rings is 1. The third-order valence-electron chi connectivity index (χ3n) is 4.12. The molecular formula is C17H18F3N3O. The Labute approximate surface area is 137 Å². The Balaban J connectivity index is 1.56. The van der Waals surface area contributed by atoms with E-state index in [0.717, 1.165) is 36.5 Å². The highest BCUT2D eigenvalue weighted by molar-refractivity contribution is 5.78. The van der Waals surface area contributed by atoms with E-state index in [9.17, 15) is 18.0 Å². The fourth-order valence-corrected chi connectivity index (χ4v) is 2.98. The molecule has 3 rings (SSSR count). The number of nitrogens with zero attached hydrogens (tertiary/aromatic N) is 2. The van der Waals surface area contributed by atoms with E-state index in [-0.39, 0.29) is 18.4 Å². The Hall–Kier alpha value is -2.31. The van der Waals surface area contributed by atoms with Crippen LogP contribution in [0.15, 0.2) is 30.5 Å². The van der Waals surface area contributed by atoms with Gasteiger partial charge >= 0.3 is 6.18 Å². The second kappa shape index (κ2) is 6.30. The largest absolute Gasteiger partial charge is 0.416 e. The van der Waals surface area contributed by atoms with Crippen molar-refractivity contribution in [2.24, 2.45) is 0 Å². The average Bonchev–Trinajstić information content (AvgIpc) is 2.86. The molecular weight excluding hydrogens is 319 g/mol. The number of fused-ring (bicyclic) bond motifs is 1. The van der Waals surface area contributed by atoms with Crippen molar-refractivity contribution in [1.82, 2.24) is 14.9 Å². The van der Waals surface area contributed by atoms with Crippen LogP contribution >= 0.6 is 0 Å². The molecule has 0 aliphatic carbocycles. The van der Waals surface area contributed by atoms with Crippen molar-refractivity contribution in [3.63, 3.8) is 0 Å². The molecule has 2 aromatic rings. The molecule has 0 radical (unpaired) electrons. The van der Waals surface area contributed by atoms with Crippen LogP contribution in [0.2, 0.25) is 0 Å². The summed E-state index contributed by atoms with van der Waals surface area (Å²) >= 11 is 0. The van der Waals surface area contributed by atoms with E-state index in [2.05, 4.69) is 10.3 Å². The smallest absolute Gasteiger partial charge is 0.351 e. The highest BCUT2D eigenvalue weighted by atomic mass is 19.4. The molecule has 128 valence electrons. The van der Waals surface area contributed by atoms with E-state index in [1.807, 2.05) is 17.7 Å². The summed E-state index contributed by atoms with van der Waals surface area (Å²) in [6.07, 6.45) is -0.703. The summed E-state index contributed by atoms with van der Waals surface area (Å²) in [5.74, 6) is 0.848. The Morgan fingerprint density at radius 3 is 2.71 bits per heavy atom. The van der Waals surface area contributed by atoms with Gasteiger partial charge in [0.25, 0.3) is 0 Å². The van der Waals surface area contributed by atoms with Crippen LogP contribution in [0.3, 0.4) is 0 Å². The van der Waals surface area contributed by atoms with Gasteiger partial charge in [-0.3, -0.25) is 4.79 Å². The van der Waals surface area contributed by atoms with Crippen LogP contribution in [-0.4, -0.2) is 21.5 Å². The summed E-state index contributed by atoms with van der Waals surface area (Å²) in [6.45, 7) is 2.61. The fraction of sp³-hybridized carbons (Fsp3) is 0.412. The number of carbonyl (C=O) groups is 1. The molecule has 1 amide bonds. The molecule has 4 nitrogen and oxygen atoms in total. The lowest BCUT2D eigenvalue weighted by atomic mass is 10.1. The van der Waals surface area contributed by atoms with Crippen LogP contribution in [0.1, 0.15) is 29.1 Å². The van der Waals surface area contributed by atoms with Crippen LogP contribution in [0, 0.1) is 6.92 Å². The second-order valence-electron chi connectivity index (χ2n) is 6.13. The monoisotopic (exact) mass is 337 g/mol. The van der Waals surface area contributed by atoms with E-state index in [1.54, 1.807) is 0 Å². The van der Waals surface area contributed by atoms with Gasteiger partial charge in [0.15, 0.2) is 0 Å². The molecule has 1 aliphatic rings. The summed E-state index contributed by atoms with van der Waals surface area (Å²) in [6, 6.07) is 4.72. The number of aromatic nitrogens is 2. The molecule has 0 bridgehead atoms. The van der Waals surface area contributed by atoms with E-state index in [0.29, 0.717) is 12.1 Å². The molecule has 0 saturated carbocycles. The number of alkyl halides is 3. The molecule has 1 aliphatic heterocycles. The van der Waals surface area contributed by atoms with Crippen molar-refractivity contribution in [2.75, 3.05) is 0 Å². The lowest BCUT2D eigenvalue weighted by Gasteiger charge is -2.24. The molecule has 2 heterocycles. The van der Waals surface area contributed by atoms with Gasteiger partial charge in [0, 0.05) is 25.2 Å². The number of hydrogen-bond donors (Lipinski definition) is 1. The number of hydrogen-bond acceptors (Lipinski definition) is 2. The van der Waals surface area contributed by atoms with Crippen molar-refractivity contribution in [3.05, 3.63) is 53.1 Å². The summed E-state index contributed by atoms with van der Waals surface area (Å²) in [7, 11) is 0. The van der Waals surface area contributed by atoms with E-state index < -0.39 is 11.7 Å². The molecule has 1 N–H and O–H groups in total. The zero-order chi connectivity index (χ0) is 17.3. The molecule has 0 unspecified atom stereocenters. The maximum atomic E-state index is 12.5. The second-order valence-corrected chi connectivity index (χ2v) is 6.13. The predicted molar refractivity (Wildman–Crippen MR) is 82.4 cm³/mol. The Kier molecular flexibility index (Phi) is 4.34. The van der Waals surface area contributed by atoms with Crippen molar-refractivity contribution in [3.8, 4) is 0 Å². The van der Waals surface area contributed by atoms with Gasteiger partial charge < -0.3 is 9.88 Å². The fourth-order valence-electron chi connectivity index (χ4n) is 2.98. The molecule has 1 aromatic heterocycles. The molecule has 7 heteroatoms. The zero-order valence-corrected chi connectivity index (χ0v) is 13.2. The molecule has 0 spiro atoms. The molecule has 24 heavy (non-hydrogen) atoms. The summed E-state index contributed by atoms with van der Waals surface area (Å²) < 4.78 is 39.6. The van der Waals surface area contributed by atoms with Gasteiger partial charge in [-0.1, -0.05) is 12.1 Å². The first kappa shape index (κ1) is 16.5. The number of rotatable bonds is 3. The van der Waals surface area contributed by atoms with Gasteiger partial charge in [-0.15, -0.1) is 0 Å². The lowest BCUT2D eigenvalue weighted by Crippen LogP contribution is -2.41. The third kappa shape index (κ3) is 3.77. The van der Waals surface area contributed by atoms with Gasteiger partial charge in [-0.2, -0.15) is 13.2 Å². The first-order valence-corrected chi connectivity index (χ1v) is 7.79. The SMILES string of the molecule is Cc1cn2c(n1)CC[C@H](NC(=O)Cc1ccc(C(F)(F)F)cc1)C2. The van der Waals surface area contributed by atoms with Crippen LogP contribution in [-0.2, 0) is 30.4 Å². The molecule has 1 aromatic carbocycles. The van der Waals surface area contributed by atoms with E-state index >= 15 is 0 Å². The van der Waals surface area contributed by atoms with E-state index in [1.165, 1.54) is 12.1 Å². The van der Waals surface area contributed by atoms with Gasteiger partial charge in [-0.25, -0.2) is 4.98 Å². The van der Waals surface area contributed by atoms with Gasteiger partial charge in [0.2, 0.25) is 5.91 Å². The average molecular weight is 337 g/mol. The summed E-state index contributed by atoms with van der Waals surface area (Å²) in [4.78, 5) is 16.5. The number of nitrogens with one attached hydrogen (secondary N) is 1. The standard InChI is InChI=1S/C17H18F3N3O/c1-11-9-23-10-14(6-7-15(23)21-11)22-16(24)8-12-2-4-13(5-3-12)17(18,19)20/h2-5,9,14H,6-8,10H2,1H3,(H,22,24)/t14-/m0/s1. The molecule has 1 atom stereocenters. The Morgan fingerprint density at radius 1 is 1.33 bits per heavy atom. The number of carbonyl (C=O) groups excluding carboxylic acids is 1. The highest BCUT2D eigenvalue weighted by Crippen LogP contribution is 2.29. The first-order chi connectivity index (χ1) is 11.3. The highest BCUT2D eigenvalue weighted by Gasteiger charge is 2.30. The van der Waals surface area contributed by atoms with E-state index in [4.69, 9.17) is 0 Å². The van der Waals surface area contributed by atoms with Crippen LogP contribution in [0.5, 0.6) is 0 Å². The quantitative estimate of drug-likeness (QED) is 0.936. The Morgan fingerprint density at radius 2 is 2.04 bits per heavy atom. The van der Waals surface area contributed by atoms with Gasteiger partial charge in [0.1, 0.15) is 5.82 Å². The number of amides is 1. The number of halogens is 3. The maximum absolute atomic E-state index is 12.5. The van der Waals surface area contributed by atoms with Crippen molar-refractivity contribution < 1.29 is 18.0 Å². The minimum atomic E-state index is -4.36. The summed E-state index contributed by atoms with van der Waals surface area (Å²) in [5, 5.41) is 2.95. The van der Waals surface area contributed by atoms with Crippen LogP contribution in [0.25, 0.3) is 0 Å². The number of aryl methyl sites for hydroxylation is 2. The van der Waals surface area contributed by atoms with Crippen molar-refractivity contribution >= 4 is 5.91 Å². The topological polar surface area (TPSA) is 46.9 Å². The first-order valence-electron chi connectivity index (χ1n) is 7.79. The third-order valence-corrected chi connectivity index (χ3v) is 4.12. The summed E-state index contributed by atoms with van der Waals surface area (Å²) in [5.41, 5.74) is 0.819. The predicted octanol–water partition coefficient (Wildman–Crippen LogP) is 2.88. The van der Waals surface area contributed by atoms with Crippen LogP contribution in [0.4, 0.5) is 13.2 Å². The van der Waals surface area contributed by atoms with Crippen molar-refractivity contribution in [2.45, 2.75) is 44.9 Å². The maximum Gasteiger partial charge on any atom is 0.416 e.